The molecule has 0 aliphatic rings. The number of aromatic nitrogens is 3. The van der Waals surface area contributed by atoms with Crippen molar-refractivity contribution >= 4 is 28.6 Å². The van der Waals surface area contributed by atoms with Gasteiger partial charge < -0.3 is 4.74 Å². The Balaban J connectivity index is 2.25. The van der Waals surface area contributed by atoms with Crippen LogP contribution in [0.2, 0.25) is 5.15 Å². The van der Waals surface area contributed by atoms with Gasteiger partial charge in [0.2, 0.25) is 0 Å². The van der Waals surface area contributed by atoms with E-state index in [0.29, 0.717) is 22.5 Å². The van der Waals surface area contributed by atoms with Crippen LogP contribution in [0.25, 0.3) is 22.3 Å². The Morgan fingerprint density at radius 3 is 2.64 bits per heavy atom. The Labute approximate surface area is 149 Å². The van der Waals surface area contributed by atoms with Gasteiger partial charge in [0.05, 0.1) is 28.5 Å². The molecule has 0 spiro atoms. The van der Waals surface area contributed by atoms with Crippen molar-refractivity contribution in [3.05, 3.63) is 47.4 Å². The van der Waals surface area contributed by atoms with E-state index in [0.717, 1.165) is 5.39 Å². The van der Waals surface area contributed by atoms with Crippen LogP contribution in [0.4, 0.5) is 4.79 Å². The minimum atomic E-state index is -0.652. The van der Waals surface area contributed by atoms with Crippen LogP contribution in [-0.4, -0.2) is 26.2 Å². The van der Waals surface area contributed by atoms with Crippen molar-refractivity contribution in [2.45, 2.75) is 26.4 Å². The molecule has 3 rings (SSSR count). The third-order valence-electron chi connectivity index (χ3n) is 3.40. The lowest BCUT2D eigenvalue weighted by Gasteiger charge is -2.20. The maximum absolute atomic E-state index is 12.8. The number of nitrogens with zero attached hydrogens (tertiary/aromatic N) is 4. The molecule has 0 aliphatic carbocycles. The first-order chi connectivity index (χ1) is 11.8. The SMILES string of the molecule is CC(C)(C)OC(=O)n1c(-c2cc(Cl)ncn2)cc2cc(C#N)ccc21. The van der Waals surface area contributed by atoms with Crippen molar-refractivity contribution in [2.24, 2.45) is 0 Å². The molecule has 0 aliphatic heterocycles. The number of carbonyl (C=O) groups excluding carboxylic acids is 1. The van der Waals surface area contributed by atoms with Gasteiger partial charge in [0.1, 0.15) is 17.1 Å². The highest BCUT2D eigenvalue weighted by atomic mass is 35.5. The van der Waals surface area contributed by atoms with Crippen LogP contribution in [0.15, 0.2) is 36.7 Å². The Morgan fingerprint density at radius 1 is 1.24 bits per heavy atom. The lowest BCUT2D eigenvalue weighted by Crippen LogP contribution is -2.27. The standard InChI is InChI=1S/C18H15ClN4O2/c1-18(2,3)25-17(24)23-14-5-4-11(9-20)6-12(14)7-15(23)13-8-16(19)22-10-21-13/h4-8,10H,1-3H3. The van der Waals surface area contributed by atoms with Crippen LogP contribution >= 0.6 is 11.6 Å². The van der Waals surface area contributed by atoms with Crippen LogP contribution < -0.4 is 0 Å². The summed E-state index contributed by atoms with van der Waals surface area (Å²) in [4.78, 5) is 20.8. The van der Waals surface area contributed by atoms with Gasteiger partial charge in [-0.2, -0.15) is 5.26 Å². The van der Waals surface area contributed by atoms with Crippen LogP contribution in [-0.2, 0) is 4.74 Å². The van der Waals surface area contributed by atoms with Crippen molar-refractivity contribution < 1.29 is 9.53 Å². The second-order valence-corrected chi connectivity index (χ2v) is 6.84. The number of hydrogen-bond donors (Lipinski definition) is 0. The molecule has 0 saturated carbocycles. The quantitative estimate of drug-likeness (QED) is 0.605. The highest BCUT2D eigenvalue weighted by Crippen LogP contribution is 2.29. The smallest absolute Gasteiger partial charge is 0.419 e. The van der Waals surface area contributed by atoms with E-state index >= 15 is 0 Å². The number of carbonyl (C=O) groups is 1. The van der Waals surface area contributed by atoms with Gasteiger partial charge in [0.25, 0.3) is 0 Å². The van der Waals surface area contributed by atoms with Crippen LogP contribution in [0.1, 0.15) is 26.3 Å². The molecule has 2 heterocycles. The first kappa shape index (κ1) is 16.9. The van der Waals surface area contributed by atoms with E-state index in [1.807, 2.05) is 0 Å². The summed E-state index contributed by atoms with van der Waals surface area (Å²) in [5.41, 5.74) is 1.48. The monoisotopic (exact) mass is 354 g/mol. The van der Waals surface area contributed by atoms with E-state index < -0.39 is 11.7 Å². The van der Waals surface area contributed by atoms with Crippen molar-refractivity contribution in [3.63, 3.8) is 0 Å². The molecule has 25 heavy (non-hydrogen) atoms. The molecule has 0 radical (unpaired) electrons. The van der Waals surface area contributed by atoms with E-state index in [4.69, 9.17) is 21.6 Å². The molecule has 1 aromatic carbocycles. The Kier molecular flexibility index (Phi) is 4.19. The van der Waals surface area contributed by atoms with Gasteiger partial charge in [-0.15, -0.1) is 0 Å². The summed E-state index contributed by atoms with van der Waals surface area (Å²) in [5.74, 6) is 0. The second kappa shape index (κ2) is 6.19. The Hall–Kier alpha value is -2.91. The zero-order chi connectivity index (χ0) is 18.2. The number of fused-ring (bicyclic) bond motifs is 1. The van der Waals surface area contributed by atoms with Gasteiger partial charge in [-0.3, -0.25) is 0 Å². The van der Waals surface area contributed by atoms with Gasteiger partial charge in [0, 0.05) is 11.5 Å². The van der Waals surface area contributed by atoms with E-state index in [9.17, 15) is 4.79 Å². The molecule has 0 atom stereocenters. The fraction of sp³-hybridized carbons (Fsp3) is 0.222. The molecule has 6 nitrogen and oxygen atoms in total. The largest absolute Gasteiger partial charge is 0.443 e. The number of nitriles is 1. The molecule has 0 N–H and O–H groups in total. The minimum absolute atomic E-state index is 0.267. The minimum Gasteiger partial charge on any atom is -0.443 e. The highest BCUT2D eigenvalue weighted by Gasteiger charge is 2.23. The maximum Gasteiger partial charge on any atom is 0.419 e. The van der Waals surface area contributed by atoms with Crippen molar-refractivity contribution in [1.82, 2.24) is 14.5 Å². The summed E-state index contributed by atoms with van der Waals surface area (Å²) in [6, 6.07) is 10.5. The first-order valence-electron chi connectivity index (χ1n) is 7.55. The zero-order valence-corrected chi connectivity index (χ0v) is 14.7. The summed E-state index contributed by atoms with van der Waals surface area (Å²) in [6.45, 7) is 5.39. The molecule has 126 valence electrons. The van der Waals surface area contributed by atoms with Gasteiger partial charge in [-0.25, -0.2) is 19.3 Å². The molecule has 0 amide bonds. The van der Waals surface area contributed by atoms with Crippen molar-refractivity contribution in [3.8, 4) is 17.5 Å². The summed E-state index contributed by atoms with van der Waals surface area (Å²) in [5, 5.41) is 10.1. The fourth-order valence-electron chi connectivity index (χ4n) is 2.45. The molecule has 0 unspecified atom stereocenters. The number of ether oxygens (including phenoxy) is 1. The zero-order valence-electron chi connectivity index (χ0n) is 13.9. The molecule has 0 fully saturated rings. The molecule has 2 aromatic heterocycles. The number of rotatable bonds is 1. The van der Waals surface area contributed by atoms with E-state index in [1.165, 1.54) is 10.9 Å². The number of benzene rings is 1. The van der Waals surface area contributed by atoms with Gasteiger partial charge >= 0.3 is 6.09 Å². The van der Waals surface area contributed by atoms with Crippen molar-refractivity contribution in [1.29, 1.82) is 5.26 Å². The van der Waals surface area contributed by atoms with Crippen LogP contribution in [0.3, 0.4) is 0 Å². The fourth-order valence-corrected chi connectivity index (χ4v) is 2.60. The van der Waals surface area contributed by atoms with Crippen LogP contribution in [0, 0.1) is 11.3 Å². The molecule has 0 saturated heterocycles. The lowest BCUT2D eigenvalue weighted by atomic mass is 10.2. The Bertz CT molecular complexity index is 1010. The Morgan fingerprint density at radius 2 is 2.00 bits per heavy atom. The normalized spacial score (nSPS) is 11.3. The van der Waals surface area contributed by atoms with E-state index in [-0.39, 0.29) is 5.15 Å². The number of halogens is 1. The molecule has 7 heteroatoms. The lowest BCUT2D eigenvalue weighted by molar-refractivity contribution is 0.0547. The van der Waals surface area contributed by atoms with E-state index in [2.05, 4.69) is 16.0 Å². The molecule has 3 aromatic rings. The van der Waals surface area contributed by atoms with E-state index in [1.54, 1.807) is 51.1 Å². The third kappa shape index (κ3) is 3.47. The predicted octanol–water partition coefficient (Wildman–Crippen LogP) is 4.41. The molecular weight excluding hydrogens is 340 g/mol. The maximum atomic E-state index is 12.8. The summed E-state index contributed by atoms with van der Waals surface area (Å²) >= 11 is 5.96. The third-order valence-corrected chi connectivity index (χ3v) is 3.61. The van der Waals surface area contributed by atoms with Gasteiger partial charge in [0.15, 0.2) is 0 Å². The summed E-state index contributed by atoms with van der Waals surface area (Å²) in [6.07, 6.45) is 0.798. The van der Waals surface area contributed by atoms with Gasteiger partial charge in [-0.05, 0) is 45.0 Å². The first-order valence-corrected chi connectivity index (χ1v) is 7.93. The number of hydrogen-bond acceptors (Lipinski definition) is 5. The van der Waals surface area contributed by atoms with Crippen molar-refractivity contribution in [2.75, 3.05) is 0 Å². The summed E-state index contributed by atoms with van der Waals surface area (Å²) < 4.78 is 6.95. The average Bonchev–Trinajstić information content (AvgIpc) is 2.91. The van der Waals surface area contributed by atoms with Gasteiger partial charge in [-0.1, -0.05) is 11.6 Å². The average molecular weight is 355 g/mol. The second-order valence-electron chi connectivity index (χ2n) is 6.46. The molecule has 0 bridgehead atoms. The summed E-state index contributed by atoms with van der Waals surface area (Å²) in [7, 11) is 0. The topological polar surface area (TPSA) is 80.8 Å². The molecular formula is C18H15ClN4O2. The van der Waals surface area contributed by atoms with Crippen LogP contribution in [0.5, 0.6) is 0 Å². The highest BCUT2D eigenvalue weighted by molar-refractivity contribution is 6.29. The predicted molar refractivity (Wildman–Crippen MR) is 94.3 cm³/mol.